The molecule has 0 saturated carbocycles. The van der Waals surface area contributed by atoms with Crippen molar-refractivity contribution < 1.29 is 0 Å². The van der Waals surface area contributed by atoms with Gasteiger partial charge in [0.1, 0.15) is 16.9 Å². The van der Waals surface area contributed by atoms with Crippen LogP contribution in [0.3, 0.4) is 0 Å². The molecule has 0 amide bonds. The number of hydrogen-bond donors (Lipinski definition) is 0. The van der Waals surface area contributed by atoms with E-state index < -0.39 is 0 Å². The zero-order valence-electron chi connectivity index (χ0n) is 9.84. The first-order valence-corrected chi connectivity index (χ1v) is 6.48. The summed E-state index contributed by atoms with van der Waals surface area (Å²) in [6.07, 6.45) is 1.57. The standard InChI is InChI=1S/C15H10N2S/c1-11-2-4-12(5-3-11)6-7-14-13-8-9-18-15(13)17-10-16-14/h2-5,8-10H,1H3. The average Bonchev–Trinajstić information content (AvgIpc) is 2.87. The Hall–Kier alpha value is -2.18. The van der Waals surface area contributed by atoms with Crippen LogP contribution in [-0.2, 0) is 0 Å². The summed E-state index contributed by atoms with van der Waals surface area (Å²) >= 11 is 1.61. The van der Waals surface area contributed by atoms with Crippen LogP contribution < -0.4 is 0 Å². The minimum atomic E-state index is 0.793. The molecule has 2 aromatic heterocycles. The van der Waals surface area contributed by atoms with Gasteiger partial charge >= 0.3 is 0 Å². The Labute approximate surface area is 109 Å². The Morgan fingerprint density at radius 2 is 1.83 bits per heavy atom. The first kappa shape index (κ1) is 10.9. The summed E-state index contributed by atoms with van der Waals surface area (Å²) in [4.78, 5) is 9.43. The molecule has 0 atom stereocenters. The van der Waals surface area contributed by atoms with Crippen LogP contribution in [0.5, 0.6) is 0 Å². The predicted octanol–water partition coefficient (Wildman–Crippen LogP) is 3.40. The van der Waals surface area contributed by atoms with Crippen LogP contribution in [0, 0.1) is 18.8 Å². The van der Waals surface area contributed by atoms with Crippen molar-refractivity contribution in [2.45, 2.75) is 6.92 Å². The van der Waals surface area contributed by atoms with Crippen molar-refractivity contribution >= 4 is 21.6 Å². The number of thiophene rings is 1. The van der Waals surface area contributed by atoms with Gasteiger partial charge in [0.25, 0.3) is 0 Å². The second kappa shape index (κ2) is 4.59. The molecule has 86 valence electrons. The molecular formula is C15H10N2S. The summed E-state index contributed by atoms with van der Waals surface area (Å²) in [5, 5.41) is 3.04. The third-order valence-electron chi connectivity index (χ3n) is 2.64. The minimum absolute atomic E-state index is 0.793. The average molecular weight is 250 g/mol. The normalized spacial score (nSPS) is 10.1. The molecule has 18 heavy (non-hydrogen) atoms. The van der Waals surface area contributed by atoms with Gasteiger partial charge in [0.15, 0.2) is 0 Å². The molecule has 1 aromatic carbocycles. The van der Waals surface area contributed by atoms with Crippen molar-refractivity contribution in [3.8, 4) is 11.8 Å². The lowest BCUT2D eigenvalue weighted by Crippen LogP contribution is -1.85. The number of hydrogen-bond acceptors (Lipinski definition) is 3. The minimum Gasteiger partial charge on any atom is -0.227 e. The van der Waals surface area contributed by atoms with Crippen LogP contribution in [0.4, 0.5) is 0 Å². The summed E-state index contributed by atoms with van der Waals surface area (Å²) in [6.45, 7) is 2.07. The predicted molar refractivity (Wildman–Crippen MR) is 74.6 cm³/mol. The van der Waals surface area contributed by atoms with Gasteiger partial charge in [-0.3, -0.25) is 0 Å². The summed E-state index contributed by atoms with van der Waals surface area (Å²) in [5.41, 5.74) is 3.03. The van der Waals surface area contributed by atoms with E-state index in [2.05, 4.69) is 40.9 Å². The number of benzene rings is 1. The lowest BCUT2D eigenvalue weighted by atomic mass is 10.1. The Balaban J connectivity index is 2.02. The quantitative estimate of drug-likeness (QED) is 0.571. The van der Waals surface area contributed by atoms with Crippen molar-refractivity contribution in [3.63, 3.8) is 0 Å². The summed E-state index contributed by atoms with van der Waals surface area (Å²) in [6, 6.07) is 10.2. The fraction of sp³-hybridized carbons (Fsp3) is 0.0667. The summed E-state index contributed by atoms with van der Waals surface area (Å²) in [7, 11) is 0. The highest BCUT2D eigenvalue weighted by atomic mass is 32.1. The van der Waals surface area contributed by atoms with E-state index in [0.29, 0.717) is 0 Å². The molecule has 2 heterocycles. The molecule has 2 nitrogen and oxygen atoms in total. The molecule has 3 aromatic rings. The summed E-state index contributed by atoms with van der Waals surface area (Å²) < 4.78 is 0. The van der Waals surface area contributed by atoms with Gasteiger partial charge in [-0.15, -0.1) is 11.3 Å². The third kappa shape index (κ3) is 2.11. The van der Waals surface area contributed by atoms with E-state index in [4.69, 9.17) is 0 Å². The van der Waals surface area contributed by atoms with Gasteiger partial charge in [0.2, 0.25) is 0 Å². The molecule has 0 aliphatic heterocycles. The summed E-state index contributed by atoms with van der Waals surface area (Å²) in [5.74, 6) is 6.25. The van der Waals surface area contributed by atoms with E-state index >= 15 is 0 Å². The second-order valence-corrected chi connectivity index (χ2v) is 4.87. The van der Waals surface area contributed by atoms with Gasteiger partial charge in [-0.25, -0.2) is 9.97 Å². The highest BCUT2D eigenvalue weighted by Gasteiger charge is 2.01. The Morgan fingerprint density at radius 1 is 1.00 bits per heavy atom. The van der Waals surface area contributed by atoms with E-state index in [1.54, 1.807) is 17.7 Å². The first-order valence-electron chi connectivity index (χ1n) is 5.60. The second-order valence-electron chi connectivity index (χ2n) is 3.98. The Morgan fingerprint density at radius 3 is 2.67 bits per heavy atom. The van der Waals surface area contributed by atoms with Crippen LogP contribution in [0.25, 0.3) is 10.2 Å². The van der Waals surface area contributed by atoms with Crippen LogP contribution in [0.1, 0.15) is 16.8 Å². The molecule has 0 aliphatic rings. The van der Waals surface area contributed by atoms with Crippen LogP contribution in [0.2, 0.25) is 0 Å². The van der Waals surface area contributed by atoms with Gasteiger partial charge in [-0.2, -0.15) is 0 Å². The fourth-order valence-corrected chi connectivity index (χ4v) is 2.39. The maximum atomic E-state index is 4.23. The number of aryl methyl sites for hydroxylation is 1. The van der Waals surface area contributed by atoms with Crippen molar-refractivity contribution in [2.75, 3.05) is 0 Å². The largest absolute Gasteiger partial charge is 0.227 e. The van der Waals surface area contributed by atoms with Crippen molar-refractivity contribution in [1.29, 1.82) is 0 Å². The molecule has 0 fully saturated rings. The molecule has 3 heteroatoms. The van der Waals surface area contributed by atoms with Crippen molar-refractivity contribution in [3.05, 3.63) is 58.9 Å². The lowest BCUT2D eigenvalue weighted by Gasteiger charge is -1.93. The lowest BCUT2D eigenvalue weighted by molar-refractivity contribution is 1.21. The zero-order valence-corrected chi connectivity index (χ0v) is 10.7. The van der Waals surface area contributed by atoms with E-state index in [9.17, 15) is 0 Å². The van der Waals surface area contributed by atoms with Crippen molar-refractivity contribution in [1.82, 2.24) is 9.97 Å². The number of nitrogens with zero attached hydrogens (tertiary/aromatic N) is 2. The SMILES string of the molecule is Cc1ccc(C#Cc2ncnc3sccc23)cc1. The topological polar surface area (TPSA) is 25.8 Å². The monoisotopic (exact) mass is 250 g/mol. The molecule has 0 bridgehead atoms. The van der Waals surface area contributed by atoms with Crippen LogP contribution in [-0.4, -0.2) is 9.97 Å². The van der Waals surface area contributed by atoms with E-state index in [-0.39, 0.29) is 0 Å². The Kier molecular flexibility index (Phi) is 2.79. The molecule has 3 rings (SSSR count). The van der Waals surface area contributed by atoms with E-state index in [0.717, 1.165) is 21.5 Å². The van der Waals surface area contributed by atoms with Crippen LogP contribution >= 0.6 is 11.3 Å². The maximum absolute atomic E-state index is 4.23. The van der Waals surface area contributed by atoms with Crippen LogP contribution in [0.15, 0.2) is 42.0 Å². The number of fused-ring (bicyclic) bond motifs is 1. The first-order chi connectivity index (χ1) is 8.83. The smallest absolute Gasteiger partial charge is 0.127 e. The number of rotatable bonds is 0. The molecule has 0 saturated heterocycles. The van der Waals surface area contributed by atoms with Crippen molar-refractivity contribution in [2.24, 2.45) is 0 Å². The fourth-order valence-electron chi connectivity index (χ4n) is 1.66. The van der Waals surface area contributed by atoms with Gasteiger partial charge in [0, 0.05) is 10.9 Å². The third-order valence-corrected chi connectivity index (χ3v) is 3.46. The van der Waals surface area contributed by atoms with E-state index in [1.807, 2.05) is 23.6 Å². The highest BCUT2D eigenvalue weighted by molar-refractivity contribution is 7.16. The van der Waals surface area contributed by atoms with Gasteiger partial charge in [0.05, 0.1) is 0 Å². The maximum Gasteiger partial charge on any atom is 0.127 e. The highest BCUT2D eigenvalue weighted by Crippen LogP contribution is 2.19. The molecule has 0 aliphatic carbocycles. The molecule has 0 unspecified atom stereocenters. The molecule has 0 radical (unpaired) electrons. The van der Waals surface area contributed by atoms with Gasteiger partial charge in [-0.1, -0.05) is 23.6 Å². The molecule has 0 N–H and O–H groups in total. The Bertz CT molecular complexity index is 745. The molecule has 0 spiro atoms. The van der Waals surface area contributed by atoms with E-state index in [1.165, 1.54) is 5.56 Å². The van der Waals surface area contributed by atoms with Gasteiger partial charge in [-0.05, 0) is 36.4 Å². The van der Waals surface area contributed by atoms with Gasteiger partial charge < -0.3 is 0 Å². The molecular weight excluding hydrogens is 240 g/mol. The number of aromatic nitrogens is 2. The zero-order chi connectivity index (χ0) is 12.4.